The van der Waals surface area contributed by atoms with E-state index in [1.54, 1.807) is 13.8 Å². The zero-order chi connectivity index (χ0) is 12.5. The van der Waals surface area contributed by atoms with E-state index in [9.17, 15) is 14.7 Å². The Morgan fingerprint density at radius 2 is 1.81 bits per heavy atom. The van der Waals surface area contributed by atoms with Gasteiger partial charge in [0.15, 0.2) is 5.78 Å². The summed E-state index contributed by atoms with van der Waals surface area (Å²) in [6.07, 6.45) is 0. The molecule has 0 spiro atoms. The van der Waals surface area contributed by atoms with Crippen LogP contribution in [-0.4, -0.2) is 16.9 Å². The highest BCUT2D eigenvalue weighted by atomic mass is 16.5. The van der Waals surface area contributed by atoms with E-state index in [0.29, 0.717) is 16.9 Å². The smallest absolute Gasteiger partial charge is 0.308 e. The first-order valence-electron chi connectivity index (χ1n) is 4.87. The Kier molecular flexibility index (Phi) is 3.32. The molecule has 4 nitrogen and oxygen atoms in total. The lowest BCUT2D eigenvalue weighted by Gasteiger charge is -2.13. The van der Waals surface area contributed by atoms with Gasteiger partial charge in [-0.1, -0.05) is 0 Å². The van der Waals surface area contributed by atoms with Crippen LogP contribution in [0.15, 0.2) is 6.07 Å². The predicted molar refractivity (Wildman–Crippen MR) is 58.9 cm³/mol. The van der Waals surface area contributed by atoms with Crippen LogP contribution in [0.1, 0.15) is 35.3 Å². The molecule has 0 radical (unpaired) electrons. The summed E-state index contributed by atoms with van der Waals surface area (Å²) in [6, 6.07) is 1.42. The van der Waals surface area contributed by atoms with Gasteiger partial charge in [0.1, 0.15) is 11.5 Å². The van der Waals surface area contributed by atoms with E-state index < -0.39 is 5.97 Å². The molecule has 86 valence electrons. The van der Waals surface area contributed by atoms with Crippen LogP contribution < -0.4 is 4.74 Å². The summed E-state index contributed by atoms with van der Waals surface area (Å²) in [5, 5.41) is 9.64. The second-order valence-electron chi connectivity index (χ2n) is 3.69. The number of hydrogen-bond acceptors (Lipinski definition) is 4. The number of aryl methyl sites for hydroxylation is 1. The van der Waals surface area contributed by atoms with Gasteiger partial charge in [0.25, 0.3) is 0 Å². The molecule has 0 amide bonds. The Morgan fingerprint density at radius 3 is 2.25 bits per heavy atom. The van der Waals surface area contributed by atoms with Crippen LogP contribution in [0.5, 0.6) is 11.5 Å². The first-order chi connectivity index (χ1) is 7.34. The zero-order valence-electron chi connectivity index (χ0n) is 9.75. The molecule has 0 aliphatic rings. The molecule has 0 saturated carbocycles. The normalized spacial score (nSPS) is 10.0. The second-order valence-corrected chi connectivity index (χ2v) is 3.69. The molecule has 0 aliphatic heterocycles. The van der Waals surface area contributed by atoms with E-state index in [4.69, 9.17) is 4.74 Å². The molecule has 0 fully saturated rings. The van der Waals surface area contributed by atoms with E-state index in [2.05, 4.69) is 0 Å². The van der Waals surface area contributed by atoms with Gasteiger partial charge in [0.2, 0.25) is 0 Å². The molecular weight excluding hydrogens is 208 g/mol. The Balaban J connectivity index is 3.44. The largest absolute Gasteiger partial charge is 0.507 e. The van der Waals surface area contributed by atoms with Crippen molar-refractivity contribution in [2.75, 3.05) is 0 Å². The highest BCUT2D eigenvalue weighted by molar-refractivity contribution is 5.99. The Hall–Kier alpha value is -1.84. The molecule has 0 heterocycles. The van der Waals surface area contributed by atoms with Crippen molar-refractivity contribution in [3.63, 3.8) is 0 Å². The lowest BCUT2D eigenvalue weighted by molar-refractivity contribution is -0.132. The van der Waals surface area contributed by atoms with Crippen molar-refractivity contribution in [2.24, 2.45) is 0 Å². The first kappa shape index (κ1) is 12.2. The third-order valence-corrected chi connectivity index (χ3v) is 2.28. The van der Waals surface area contributed by atoms with Gasteiger partial charge < -0.3 is 9.84 Å². The molecule has 0 aliphatic carbocycles. The minimum Gasteiger partial charge on any atom is -0.507 e. The number of hydrogen-bond donors (Lipinski definition) is 1. The van der Waals surface area contributed by atoms with Gasteiger partial charge in [-0.3, -0.25) is 9.59 Å². The molecule has 1 aromatic rings. The summed E-state index contributed by atoms with van der Waals surface area (Å²) in [6.45, 7) is 5.99. The van der Waals surface area contributed by atoms with Crippen molar-refractivity contribution < 1.29 is 19.4 Å². The number of carbonyl (C=O) groups excluding carboxylic acids is 2. The van der Waals surface area contributed by atoms with Crippen molar-refractivity contribution in [3.05, 3.63) is 22.8 Å². The quantitative estimate of drug-likeness (QED) is 0.473. The molecule has 16 heavy (non-hydrogen) atoms. The van der Waals surface area contributed by atoms with Gasteiger partial charge in [0, 0.05) is 12.5 Å². The fourth-order valence-corrected chi connectivity index (χ4v) is 1.69. The minimum absolute atomic E-state index is 0.0848. The number of ether oxygens (including phenoxy) is 1. The number of rotatable bonds is 2. The van der Waals surface area contributed by atoms with E-state index in [0.717, 1.165) is 0 Å². The van der Waals surface area contributed by atoms with Crippen molar-refractivity contribution in [1.82, 2.24) is 0 Å². The average molecular weight is 222 g/mol. The highest BCUT2D eigenvalue weighted by Gasteiger charge is 2.18. The standard InChI is InChI=1S/C12H14O4/c1-6-5-10(15)11(8(3)13)7(2)12(6)16-9(4)14/h5,15H,1-4H3. The molecule has 4 heteroatoms. The van der Waals surface area contributed by atoms with Crippen molar-refractivity contribution in [1.29, 1.82) is 0 Å². The average Bonchev–Trinajstić information content (AvgIpc) is 2.10. The molecule has 0 bridgehead atoms. The summed E-state index contributed by atoms with van der Waals surface area (Å²) in [7, 11) is 0. The van der Waals surface area contributed by atoms with Crippen molar-refractivity contribution in [3.8, 4) is 11.5 Å². The van der Waals surface area contributed by atoms with Gasteiger partial charge in [-0.25, -0.2) is 0 Å². The maximum absolute atomic E-state index is 11.3. The number of phenols is 1. The molecule has 0 aromatic heterocycles. The van der Waals surface area contributed by atoms with Crippen molar-refractivity contribution in [2.45, 2.75) is 27.7 Å². The number of esters is 1. The van der Waals surface area contributed by atoms with Gasteiger partial charge in [-0.05, 0) is 32.4 Å². The van der Waals surface area contributed by atoms with Gasteiger partial charge in [0.05, 0.1) is 5.56 Å². The van der Waals surface area contributed by atoms with E-state index in [-0.39, 0.29) is 17.1 Å². The van der Waals surface area contributed by atoms with Crippen LogP contribution in [0.4, 0.5) is 0 Å². The van der Waals surface area contributed by atoms with Crippen LogP contribution in [0.25, 0.3) is 0 Å². The summed E-state index contributed by atoms with van der Waals surface area (Å²) >= 11 is 0. The van der Waals surface area contributed by atoms with Crippen LogP contribution in [0.2, 0.25) is 0 Å². The number of benzene rings is 1. The van der Waals surface area contributed by atoms with Crippen LogP contribution in [-0.2, 0) is 4.79 Å². The number of aromatic hydroxyl groups is 1. The number of phenolic OH excluding ortho intramolecular Hbond substituents is 1. The SMILES string of the molecule is CC(=O)Oc1c(C)cc(O)c(C(C)=O)c1C. The molecule has 1 N–H and O–H groups in total. The van der Waals surface area contributed by atoms with Gasteiger partial charge >= 0.3 is 5.97 Å². The summed E-state index contributed by atoms with van der Waals surface area (Å²) in [5.74, 6) is -0.455. The second kappa shape index (κ2) is 4.35. The highest BCUT2D eigenvalue weighted by Crippen LogP contribution is 2.33. The van der Waals surface area contributed by atoms with E-state index in [1.165, 1.54) is 19.9 Å². The number of ketones is 1. The molecule has 0 unspecified atom stereocenters. The third-order valence-electron chi connectivity index (χ3n) is 2.28. The molecular formula is C12H14O4. The van der Waals surface area contributed by atoms with Crippen LogP contribution >= 0.6 is 0 Å². The minimum atomic E-state index is -0.452. The molecule has 0 saturated heterocycles. The summed E-state index contributed by atoms with van der Waals surface area (Å²) < 4.78 is 5.02. The molecule has 1 aromatic carbocycles. The Bertz CT molecular complexity index is 461. The maximum Gasteiger partial charge on any atom is 0.308 e. The van der Waals surface area contributed by atoms with Gasteiger partial charge in [-0.15, -0.1) is 0 Å². The molecule has 0 atom stereocenters. The summed E-state index contributed by atoms with van der Waals surface area (Å²) in [5.41, 5.74) is 1.30. The number of Topliss-reactive ketones (excluding diaryl/α,β-unsaturated/α-hetero) is 1. The topological polar surface area (TPSA) is 63.6 Å². The Labute approximate surface area is 93.9 Å². The third kappa shape index (κ3) is 2.21. The predicted octanol–water partition coefficient (Wildman–Crippen LogP) is 2.14. The van der Waals surface area contributed by atoms with Crippen LogP contribution in [0, 0.1) is 13.8 Å². The van der Waals surface area contributed by atoms with E-state index >= 15 is 0 Å². The fraction of sp³-hybridized carbons (Fsp3) is 0.333. The Morgan fingerprint density at radius 1 is 1.25 bits per heavy atom. The molecule has 1 rings (SSSR count). The maximum atomic E-state index is 11.3. The first-order valence-corrected chi connectivity index (χ1v) is 4.87. The van der Waals surface area contributed by atoms with Crippen molar-refractivity contribution >= 4 is 11.8 Å². The summed E-state index contributed by atoms with van der Waals surface area (Å²) in [4.78, 5) is 22.2. The monoisotopic (exact) mass is 222 g/mol. The fourth-order valence-electron chi connectivity index (χ4n) is 1.69. The van der Waals surface area contributed by atoms with Gasteiger partial charge in [-0.2, -0.15) is 0 Å². The zero-order valence-corrected chi connectivity index (χ0v) is 9.75. The number of carbonyl (C=O) groups is 2. The lowest BCUT2D eigenvalue weighted by atomic mass is 10.00. The lowest BCUT2D eigenvalue weighted by Crippen LogP contribution is -2.07. The van der Waals surface area contributed by atoms with E-state index in [1.807, 2.05) is 0 Å². The van der Waals surface area contributed by atoms with Crippen LogP contribution in [0.3, 0.4) is 0 Å².